The number of rotatable bonds is 6. The molecular weight excluding hydrogens is 409 g/mol. The van der Waals surface area contributed by atoms with Gasteiger partial charge in [0.05, 0.1) is 6.20 Å². The number of carbonyl (C=O) groups is 1. The van der Waals surface area contributed by atoms with Crippen molar-refractivity contribution >= 4 is 11.6 Å². The summed E-state index contributed by atoms with van der Waals surface area (Å²) in [6, 6.07) is 7.72. The van der Waals surface area contributed by atoms with Crippen molar-refractivity contribution in [2.45, 2.75) is 32.7 Å². The van der Waals surface area contributed by atoms with Crippen molar-refractivity contribution in [3.8, 4) is 6.07 Å². The van der Waals surface area contributed by atoms with Gasteiger partial charge in [-0.25, -0.2) is 18.9 Å². The van der Waals surface area contributed by atoms with Crippen molar-refractivity contribution in [3.05, 3.63) is 82.6 Å². The summed E-state index contributed by atoms with van der Waals surface area (Å²) in [5.74, 6) is -0.105. The predicted molar refractivity (Wildman–Crippen MR) is 115 cm³/mol. The molecule has 0 saturated heterocycles. The van der Waals surface area contributed by atoms with Crippen LogP contribution in [0.15, 0.2) is 42.9 Å². The summed E-state index contributed by atoms with van der Waals surface area (Å²) in [5.41, 5.74) is 3.73. The van der Waals surface area contributed by atoms with Gasteiger partial charge in [0.15, 0.2) is 5.65 Å². The quantitative estimate of drug-likeness (QED) is 0.506. The molecule has 1 aromatic carbocycles. The molecule has 4 aromatic rings. The zero-order valence-electron chi connectivity index (χ0n) is 18.0. The van der Waals surface area contributed by atoms with E-state index in [2.05, 4.69) is 26.5 Å². The van der Waals surface area contributed by atoms with E-state index in [9.17, 15) is 14.4 Å². The van der Waals surface area contributed by atoms with Crippen LogP contribution in [0.25, 0.3) is 5.65 Å². The number of imidazole rings is 1. The van der Waals surface area contributed by atoms with E-state index in [4.69, 9.17) is 0 Å². The Kier molecular flexibility index (Phi) is 5.69. The highest BCUT2D eigenvalue weighted by Gasteiger charge is 2.24. The molecule has 32 heavy (non-hydrogen) atoms. The van der Waals surface area contributed by atoms with Crippen LogP contribution < -0.4 is 5.32 Å². The molecule has 9 heteroatoms. The molecule has 0 spiro atoms. The lowest BCUT2D eigenvalue weighted by Gasteiger charge is -2.20. The van der Waals surface area contributed by atoms with Crippen molar-refractivity contribution in [2.24, 2.45) is 7.05 Å². The van der Waals surface area contributed by atoms with Crippen LogP contribution in [-0.4, -0.2) is 30.1 Å². The van der Waals surface area contributed by atoms with Crippen LogP contribution >= 0.6 is 0 Å². The third kappa shape index (κ3) is 3.83. The molecule has 8 nitrogen and oxygen atoms in total. The van der Waals surface area contributed by atoms with E-state index in [0.717, 1.165) is 17.0 Å². The first kappa shape index (κ1) is 21.2. The summed E-state index contributed by atoms with van der Waals surface area (Å²) in [4.78, 5) is 21.7. The summed E-state index contributed by atoms with van der Waals surface area (Å²) in [7, 11) is 1.80. The molecule has 162 valence electrons. The number of nitrogens with zero attached hydrogens (tertiary/aromatic N) is 6. The molecule has 3 aromatic heterocycles. The number of hydrogen-bond donors (Lipinski definition) is 1. The number of halogens is 1. The van der Waals surface area contributed by atoms with Crippen LogP contribution in [0, 0.1) is 31.0 Å². The van der Waals surface area contributed by atoms with E-state index in [-0.39, 0.29) is 12.3 Å². The third-order valence-corrected chi connectivity index (χ3v) is 5.57. The Labute approximate surface area is 184 Å². The summed E-state index contributed by atoms with van der Waals surface area (Å²) in [6.45, 7) is 3.74. The Hall–Kier alpha value is -4.06. The lowest BCUT2D eigenvalue weighted by molar-refractivity contribution is -0.121. The van der Waals surface area contributed by atoms with Crippen LogP contribution in [0.3, 0.4) is 0 Å². The van der Waals surface area contributed by atoms with Gasteiger partial charge in [0.1, 0.15) is 29.3 Å². The largest absolute Gasteiger partial charge is 0.342 e. The van der Waals surface area contributed by atoms with Gasteiger partial charge in [0.25, 0.3) is 0 Å². The predicted octanol–water partition coefficient (Wildman–Crippen LogP) is 2.93. The highest BCUT2D eigenvalue weighted by molar-refractivity contribution is 5.77. The van der Waals surface area contributed by atoms with Gasteiger partial charge in [0.2, 0.25) is 5.91 Å². The number of benzene rings is 1. The number of amides is 1. The number of aryl methyl sites for hydroxylation is 3. The van der Waals surface area contributed by atoms with E-state index >= 15 is 0 Å². The molecule has 1 unspecified atom stereocenters. The topological polar surface area (TPSA) is 101 Å². The first-order valence-corrected chi connectivity index (χ1v) is 10.2. The average molecular weight is 431 g/mol. The Morgan fingerprint density at radius 2 is 2.09 bits per heavy atom. The molecule has 0 radical (unpaired) electrons. The van der Waals surface area contributed by atoms with E-state index < -0.39 is 11.9 Å². The zero-order chi connectivity index (χ0) is 22.8. The molecule has 0 aliphatic heterocycles. The van der Waals surface area contributed by atoms with Gasteiger partial charge in [0, 0.05) is 42.8 Å². The molecule has 3 heterocycles. The van der Waals surface area contributed by atoms with Crippen LogP contribution in [0.4, 0.5) is 4.39 Å². The normalized spacial score (nSPS) is 12.0. The first-order chi connectivity index (χ1) is 15.4. The Balaban J connectivity index is 1.57. The number of carbonyl (C=O) groups excluding carboxylic acids is 1. The molecule has 0 aliphatic rings. The van der Waals surface area contributed by atoms with Crippen LogP contribution in [-0.2, 0) is 18.3 Å². The Morgan fingerprint density at radius 1 is 1.31 bits per heavy atom. The van der Waals surface area contributed by atoms with Crippen molar-refractivity contribution in [2.75, 3.05) is 0 Å². The summed E-state index contributed by atoms with van der Waals surface area (Å²) in [5, 5.41) is 16.4. The molecule has 1 amide bonds. The lowest BCUT2D eigenvalue weighted by Crippen LogP contribution is -2.32. The number of nitriles is 1. The fraction of sp³-hybridized carbons (Fsp3) is 0.261. The Morgan fingerprint density at radius 3 is 2.78 bits per heavy atom. The van der Waals surface area contributed by atoms with Crippen molar-refractivity contribution in [3.63, 3.8) is 0 Å². The van der Waals surface area contributed by atoms with E-state index in [1.807, 2.05) is 13.8 Å². The number of nitrogens with one attached hydrogen (secondary N) is 1. The third-order valence-electron chi connectivity index (χ3n) is 5.57. The number of aromatic nitrogens is 5. The van der Waals surface area contributed by atoms with E-state index in [1.54, 1.807) is 46.7 Å². The fourth-order valence-electron chi connectivity index (χ4n) is 3.87. The minimum absolute atomic E-state index is 0.177. The van der Waals surface area contributed by atoms with Crippen LogP contribution in [0.1, 0.15) is 46.4 Å². The first-order valence-electron chi connectivity index (χ1n) is 10.2. The Bertz CT molecular complexity index is 1350. The number of hydrogen-bond acceptors (Lipinski definition) is 5. The minimum Gasteiger partial charge on any atom is -0.342 e. The maximum atomic E-state index is 14.5. The standard InChI is InChI=1S/C23H22FN7O/c1-14-17(15(2)31-22(28-14)16(12-25)13-27-31)8-9-20(32)29-21(23-26-10-11-30(23)3)18-6-4-5-7-19(18)24/h4-7,10-11,13,21H,8-9H2,1-3H3,(H,29,32). The van der Waals surface area contributed by atoms with Crippen LogP contribution in [0.2, 0.25) is 0 Å². The highest BCUT2D eigenvalue weighted by Crippen LogP contribution is 2.24. The average Bonchev–Trinajstić information content (AvgIpc) is 3.38. The summed E-state index contributed by atoms with van der Waals surface area (Å²) >= 11 is 0. The molecular formula is C23H22FN7O. The molecule has 0 saturated carbocycles. The van der Waals surface area contributed by atoms with Gasteiger partial charge in [-0.15, -0.1) is 0 Å². The fourth-order valence-corrected chi connectivity index (χ4v) is 3.87. The SMILES string of the molecule is Cc1nc2c(C#N)cnn2c(C)c1CCC(=O)NC(c1ccccc1F)c1nccn1C. The van der Waals surface area contributed by atoms with Crippen LogP contribution in [0.5, 0.6) is 0 Å². The zero-order valence-corrected chi connectivity index (χ0v) is 18.0. The molecule has 4 rings (SSSR count). The molecule has 0 bridgehead atoms. The minimum atomic E-state index is -0.712. The maximum absolute atomic E-state index is 14.5. The van der Waals surface area contributed by atoms with Crippen molar-refractivity contribution in [1.82, 2.24) is 29.5 Å². The lowest BCUT2D eigenvalue weighted by atomic mass is 10.0. The van der Waals surface area contributed by atoms with Gasteiger partial charge < -0.3 is 9.88 Å². The second kappa shape index (κ2) is 8.59. The molecule has 0 fully saturated rings. The van der Waals surface area contributed by atoms with Crippen molar-refractivity contribution in [1.29, 1.82) is 5.26 Å². The molecule has 1 atom stereocenters. The summed E-state index contributed by atoms with van der Waals surface area (Å²) < 4.78 is 17.9. The summed E-state index contributed by atoms with van der Waals surface area (Å²) in [6.07, 6.45) is 5.46. The molecule has 1 N–H and O–H groups in total. The van der Waals surface area contributed by atoms with Gasteiger partial charge in [-0.2, -0.15) is 10.4 Å². The monoisotopic (exact) mass is 431 g/mol. The maximum Gasteiger partial charge on any atom is 0.221 e. The van der Waals surface area contributed by atoms with Gasteiger partial charge in [-0.05, 0) is 31.9 Å². The molecule has 0 aliphatic carbocycles. The van der Waals surface area contributed by atoms with Crippen molar-refractivity contribution < 1.29 is 9.18 Å². The smallest absolute Gasteiger partial charge is 0.221 e. The second-order valence-corrected chi connectivity index (χ2v) is 7.59. The van der Waals surface area contributed by atoms with Gasteiger partial charge in [-0.1, -0.05) is 18.2 Å². The van der Waals surface area contributed by atoms with E-state index in [1.165, 1.54) is 12.3 Å². The van der Waals surface area contributed by atoms with Gasteiger partial charge in [-0.3, -0.25) is 4.79 Å². The highest BCUT2D eigenvalue weighted by atomic mass is 19.1. The second-order valence-electron chi connectivity index (χ2n) is 7.59. The van der Waals surface area contributed by atoms with Gasteiger partial charge >= 0.3 is 0 Å². The van der Waals surface area contributed by atoms with E-state index in [0.29, 0.717) is 29.0 Å². The number of fused-ring (bicyclic) bond motifs is 1.